The first-order chi connectivity index (χ1) is 12.3. The molecule has 1 amide bonds. The van der Waals surface area contributed by atoms with Gasteiger partial charge < -0.3 is 4.90 Å². The van der Waals surface area contributed by atoms with Crippen LogP contribution in [0.25, 0.3) is 10.9 Å². The predicted octanol–water partition coefficient (Wildman–Crippen LogP) is 4.88. The fourth-order valence-electron chi connectivity index (χ4n) is 4.78. The normalized spacial score (nSPS) is 21.7. The van der Waals surface area contributed by atoms with Crippen LogP contribution in [-0.2, 0) is 4.79 Å². The predicted molar refractivity (Wildman–Crippen MR) is 99.3 cm³/mol. The van der Waals surface area contributed by atoms with E-state index in [4.69, 9.17) is 0 Å². The number of rotatable bonds is 2. The van der Waals surface area contributed by atoms with Crippen LogP contribution in [0.5, 0.6) is 0 Å². The summed E-state index contributed by atoms with van der Waals surface area (Å²) in [4.78, 5) is 19.9. The second-order valence-corrected chi connectivity index (χ2v) is 7.20. The van der Waals surface area contributed by atoms with Gasteiger partial charge in [-0.1, -0.05) is 61.4 Å². The molecule has 1 saturated carbocycles. The minimum absolute atomic E-state index is 0.122. The number of pyridine rings is 1. The van der Waals surface area contributed by atoms with Gasteiger partial charge >= 0.3 is 0 Å². The van der Waals surface area contributed by atoms with Gasteiger partial charge in [-0.25, -0.2) is 0 Å². The molecular formula is C22H20N2O. The summed E-state index contributed by atoms with van der Waals surface area (Å²) in [5.41, 5.74) is 2.87. The van der Waals surface area contributed by atoms with Crippen LogP contribution in [0.4, 0.5) is 5.69 Å². The summed E-state index contributed by atoms with van der Waals surface area (Å²) in [5, 5.41) is 1.08. The topological polar surface area (TPSA) is 33.2 Å². The highest BCUT2D eigenvalue weighted by Crippen LogP contribution is 2.60. The number of anilines is 1. The fraction of sp³-hybridized carbons (Fsp3) is 0.273. The lowest BCUT2D eigenvalue weighted by molar-refractivity contribution is -0.139. The molecule has 25 heavy (non-hydrogen) atoms. The molecule has 2 fully saturated rings. The maximum Gasteiger partial charge on any atom is 0.236 e. The molecule has 2 heterocycles. The average Bonchev–Trinajstić information content (AvgIpc) is 3.18. The third kappa shape index (κ3) is 1.98. The van der Waals surface area contributed by atoms with Crippen LogP contribution in [0.2, 0.25) is 0 Å². The lowest BCUT2D eigenvalue weighted by Gasteiger charge is -2.55. The van der Waals surface area contributed by atoms with Gasteiger partial charge in [0.2, 0.25) is 5.91 Å². The van der Waals surface area contributed by atoms with Gasteiger partial charge in [-0.3, -0.25) is 9.78 Å². The average molecular weight is 328 g/mol. The van der Waals surface area contributed by atoms with Crippen LogP contribution in [0.15, 0.2) is 66.9 Å². The van der Waals surface area contributed by atoms with Crippen molar-refractivity contribution in [3.05, 3.63) is 72.4 Å². The Morgan fingerprint density at radius 2 is 1.68 bits per heavy atom. The van der Waals surface area contributed by atoms with Crippen molar-refractivity contribution in [2.45, 2.75) is 31.7 Å². The Morgan fingerprint density at radius 1 is 0.920 bits per heavy atom. The van der Waals surface area contributed by atoms with E-state index >= 15 is 0 Å². The van der Waals surface area contributed by atoms with Crippen LogP contribution >= 0.6 is 0 Å². The van der Waals surface area contributed by atoms with Crippen LogP contribution in [0.3, 0.4) is 0 Å². The Balaban J connectivity index is 1.68. The molecule has 0 N–H and O–H groups in total. The molecule has 124 valence electrons. The Bertz CT molecular complexity index is 939. The maximum atomic E-state index is 13.3. The maximum absolute atomic E-state index is 13.3. The molecule has 2 aliphatic rings. The SMILES string of the molecule is O=C1N(c2cccc3cccnc23)C(c2ccccc2)C12CCCC2. The van der Waals surface area contributed by atoms with E-state index in [1.54, 1.807) is 6.20 Å². The quantitative estimate of drug-likeness (QED) is 0.628. The monoisotopic (exact) mass is 328 g/mol. The van der Waals surface area contributed by atoms with Crippen molar-refractivity contribution >= 4 is 22.5 Å². The number of carbonyl (C=O) groups excluding carboxylic acids is 1. The van der Waals surface area contributed by atoms with E-state index in [1.807, 2.05) is 29.2 Å². The van der Waals surface area contributed by atoms with Gasteiger partial charge in [-0.15, -0.1) is 0 Å². The standard InChI is InChI=1S/C22H20N2O/c25-21-22(13-4-5-14-22)20(17-8-2-1-3-9-17)24(21)18-12-6-10-16-11-7-15-23-19(16)18/h1-3,6-12,15,20H,4-5,13-14H2. The third-order valence-corrected chi connectivity index (χ3v) is 5.91. The summed E-state index contributed by atoms with van der Waals surface area (Å²) in [6.07, 6.45) is 6.10. The van der Waals surface area contributed by atoms with Gasteiger partial charge in [0.1, 0.15) is 0 Å². The number of aromatic nitrogens is 1. The summed E-state index contributed by atoms with van der Waals surface area (Å²) < 4.78 is 0. The van der Waals surface area contributed by atoms with E-state index in [0.717, 1.165) is 42.3 Å². The first-order valence-electron chi connectivity index (χ1n) is 9.04. The number of nitrogens with zero attached hydrogens (tertiary/aromatic N) is 2. The Morgan fingerprint density at radius 3 is 2.48 bits per heavy atom. The highest BCUT2D eigenvalue weighted by atomic mass is 16.2. The molecule has 0 bridgehead atoms. The molecule has 5 rings (SSSR count). The molecule has 1 aliphatic heterocycles. The second-order valence-electron chi connectivity index (χ2n) is 7.20. The van der Waals surface area contributed by atoms with E-state index in [9.17, 15) is 4.79 Å². The van der Waals surface area contributed by atoms with Crippen molar-refractivity contribution in [2.75, 3.05) is 4.90 Å². The number of carbonyl (C=O) groups is 1. The van der Waals surface area contributed by atoms with E-state index in [-0.39, 0.29) is 17.4 Å². The highest BCUT2D eigenvalue weighted by molar-refractivity contribution is 6.10. The van der Waals surface area contributed by atoms with Crippen molar-refractivity contribution in [1.82, 2.24) is 4.98 Å². The Labute approximate surface area is 147 Å². The van der Waals surface area contributed by atoms with Gasteiger partial charge in [0.25, 0.3) is 0 Å². The summed E-state index contributed by atoms with van der Waals surface area (Å²) in [6.45, 7) is 0. The van der Waals surface area contributed by atoms with Crippen LogP contribution in [0, 0.1) is 5.41 Å². The summed E-state index contributed by atoms with van der Waals surface area (Å²) >= 11 is 0. The molecule has 0 radical (unpaired) electrons. The molecular weight excluding hydrogens is 308 g/mol. The van der Waals surface area contributed by atoms with Gasteiger partial charge in [-0.2, -0.15) is 0 Å². The number of benzene rings is 2. The molecule has 3 aromatic rings. The van der Waals surface area contributed by atoms with Gasteiger partial charge in [0.15, 0.2) is 0 Å². The summed E-state index contributed by atoms with van der Waals surface area (Å²) in [5.74, 6) is 0.275. The number of hydrogen-bond acceptors (Lipinski definition) is 2. The van der Waals surface area contributed by atoms with Crippen molar-refractivity contribution in [3.63, 3.8) is 0 Å². The molecule has 3 heteroatoms. The largest absolute Gasteiger partial charge is 0.301 e. The third-order valence-electron chi connectivity index (χ3n) is 5.91. The fourth-order valence-corrected chi connectivity index (χ4v) is 4.78. The van der Waals surface area contributed by atoms with Gasteiger partial charge in [0, 0.05) is 11.6 Å². The molecule has 3 nitrogen and oxygen atoms in total. The first kappa shape index (κ1) is 14.6. The molecule has 2 aromatic carbocycles. The van der Waals surface area contributed by atoms with Crippen molar-refractivity contribution in [2.24, 2.45) is 5.41 Å². The zero-order valence-electron chi connectivity index (χ0n) is 14.1. The van der Waals surface area contributed by atoms with E-state index in [1.165, 1.54) is 5.56 Å². The number of amides is 1. The lowest BCUT2D eigenvalue weighted by Crippen LogP contribution is -2.62. The van der Waals surface area contributed by atoms with Gasteiger partial charge in [-0.05, 0) is 30.5 Å². The van der Waals surface area contributed by atoms with Crippen LogP contribution in [-0.4, -0.2) is 10.9 Å². The van der Waals surface area contributed by atoms with Crippen molar-refractivity contribution in [3.8, 4) is 0 Å². The molecule has 1 saturated heterocycles. The van der Waals surface area contributed by atoms with Crippen molar-refractivity contribution < 1.29 is 4.79 Å². The summed E-state index contributed by atoms with van der Waals surface area (Å²) in [7, 11) is 0. The van der Waals surface area contributed by atoms with E-state index < -0.39 is 0 Å². The molecule has 1 spiro atoms. The smallest absolute Gasteiger partial charge is 0.236 e. The van der Waals surface area contributed by atoms with Crippen molar-refractivity contribution in [1.29, 1.82) is 0 Å². The first-order valence-corrected chi connectivity index (χ1v) is 9.04. The van der Waals surface area contributed by atoms with E-state index in [0.29, 0.717) is 0 Å². The zero-order valence-corrected chi connectivity index (χ0v) is 14.1. The number of hydrogen-bond donors (Lipinski definition) is 0. The molecule has 1 unspecified atom stereocenters. The molecule has 1 atom stereocenters. The number of fused-ring (bicyclic) bond motifs is 1. The van der Waals surface area contributed by atoms with Crippen LogP contribution in [0.1, 0.15) is 37.3 Å². The minimum atomic E-state index is -0.210. The Kier molecular flexibility index (Phi) is 3.17. The van der Waals surface area contributed by atoms with E-state index in [2.05, 4.69) is 41.4 Å². The molecule has 1 aromatic heterocycles. The lowest BCUT2D eigenvalue weighted by atomic mass is 9.66. The highest BCUT2D eigenvalue weighted by Gasteiger charge is 2.62. The van der Waals surface area contributed by atoms with Crippen LogP contribution < -0.4 is 4.90 Å². The van der Waals surface area contributed by atoms with Gasteiger partial charge in [0.05, 0.1) is 22.7 Å². The minimum Gasteiger partial charge on any atom is -0.301 e. The zero-order chi connectivity index (χ0) is 16.9. The second kappa shape index (κ2) is 5.41. The molecule has 1 aliphatic carbocycles. The number of para-hydroxylation sites is 1. The number of β-lactam (4-membered cyclic amide) rings is 1. The summed E-state index contributed by atoms with van der Waals surface area (Å²) in [6, 6.07) is 20.7. The Hall–Kier alpha value is -2.68.